The molecule has 4 heterocycles. The summed E-state index contributed by atoms with van der Waals surface area (Å²) in [6.07, 6.45) is 5.56. The van der Waals surface area contributed by atoms with Gasteiger partial charge in [0.25, 0.3) is 0 Å². The quantitative estimate of drug-likeness (QED) is 0.697. The first-order valence-electron chi connectivity index (χ1n) is 8.80. The second kappa shape index (κ2) is 6.47. The van der Waals surface area contributed by atoms with Crippen LogP contribution in [0.1, 0.15) is 44.2 Å². The molecule has 0 spiro atoms. The molecule has 0 bridgehead atoms. The lowest BCUT2D eigenvalue weighted by atomic mass is 10.2. The SMILES string of the molecule is C[C@@H](O)c1nc2cnc3[nH]ccc3c2n1[C@H]1CCN(CCCC#N)C1. The fourth-order valence-corrected chi connectivity index (χ4v) is 3.88. The van der Waals surface area contributed by atoms with Gasteiger partial charge in [0.2, 0.25) is 0 Å². The highest BCUT2D eigenvalue weighted by Gasteiger charge is 2.29. The van der Waals surface area contributed by atoms with E-state index < -0.39 is 6.10 Å². The molecule has 1 aliphatic rings. The van der Waals surface area contributed by atoms with Crippen LogP contribution in [0, 0.1) is 11.3 Å². The summed E-state index contributed by atoms with van der Waals surface area (Å²) in [6, 6.07) is 4.51. The van der Waals surface area contributed by atoms with Crippen LogP contribution in [0.2, 0.25) is 0 Å². The van der Waals surface area contributed by atoms with Crippen LogP contribution < -0.4 is 0 Å². The number of rotatable bonds is 5. The van der Waals surface area contributed by atoms with Crippen LogP contribution in [-0.2, 0) is 0 Å². The molecule has 130 valence electrons. The predicted octanol–water partition coefficient (Wildman–Crippen LogP) is 2.52. The average molecular weight is 338 g/mol. The Morgan fingerprint density at radius 2 is 2.40 bits per heavy atom. The van der Waals surface area contributed by atoms with Gasteiger partial charge < -0.3 is 19.6 Å². The van der Waals surface area contributed by atoms with E-state index in [1.54, 1.807) is 13.1 Å². The van der Waals surface area contributed by atoms with Crippen molar-refractivity contribution in [1.29, 1.82) is 5.26 Å². The van der Waals surface area contributed by atoms with E-state index >= 15 is 0 Å². The molecule has 1 aliphatic heterocycles. The molecule has 0 saturated carbocycles. The number of likely N-dealkylation sites (tertiary alicyclic amines) is 1. The van der Waals surface area contributed by atoms with Gasteiger partial charge in [0, 0.05) is 37.1 Å². The van der Waals surface area contributed by atoms with Gasteiger partial charge in [0.15, 0.2) is 0 Å². The third kappa shape index (κ3) is 2.77. The highest BCUT2D eigenvalue weighted by Crippen LogP contribution is 2.33. The number of unbranched alkanes of at least 4 members (excludes halogenated alkanes) is 1. The fourth-order valence-electron chi connectivity index (χ4n) is 3.88. The summed E-state index contributed by atoms with van der Waals surface area (Å²) in [4.78, 5) is 14.6. The number of hydrogen-bond donors (Lipinski definition) is 2. The standard InChI is InChI=1S/C18H22N6O/c1-12(25)18-22-15-10-21-17-14(4-7-20-17)16(15)24(18)13-5-9-23(11-13)8-3-2-6-19/h4,7,10,12-13,25H,2-3,5,8-9,11H2,1H3,(H,20,21)/t12-,13+/m1/s1. The summed E-state index contributed by atoms with van der Waals surface area (Å²) in [7, 11) is 0. The van der Waals surface area contributed by atoms with E-state index in [1.165, 1.54) is 0 Å². The van der Waals surface area contributed by atoms with Crippen LogP contribution >= 0.6 is 0 Å². The number of fused-ring (bicyclic) bond motifs is 3. The molecular weight excluding hydrogens is 316 g/mol. The maximum absolute atomic E-state index is 10.3. The van der Waals surface area contributed by atoms with Crippen molar-refractivity contribution in [3.8, 4) is 6.07 Å². The van der Waals surface area contributed by atoms with Crippen molar-refractivity contribution in [1.82, 2.24) is 24.4 Å². The van der Waals surface area contributed by atoms with Gasteiger partial charge in [-0.25, -0.2) is 9.97 Å². The lowest BCUT2D eigenvalue weighted by molar-refractivity contribution is 0.181. The van der Waals surface area contributed by atoms with Crippen molar-refractivity contribution in [2.45, 2.75) is 38.3 Å². The summed E-state index contributed by atoms with van der Waals surface area (Å²) in [5.41, 5.74) is 2.71. The summed E-state index contributed by atoms with van der Waals surface area (Å²) >= 11 is 0. The van der Waals surface area contributed by atoms with Crippen molar-refractivity contribution in [3.63, 3.8) is 0 Å². The van der Waals surface area contributed by atoms with Crippen LogP contribution in [0.4, 0.5) is 0 Å². The molecule has 2 N–H and O–H groups in total. The number of aliphatic hydroxyl groups is 1. The molecule has 2 atom stereocenters. The van der Waals surface area contributed by atoms with Crippen LogP contribution in [0.5, 0.6) is 0 Å². The Labute approximate surface area is 145 Å². The van der Waals surface area contributed by atoms with E-state index in [0.717, 1.165) is 54.5 Å². The molecule has 0 radical (unpaired) electrons. The zero-order valence-electron chi connectivity index (χ0n) is 14.3. The summed E-state index contributed by atoms with van der Waals surface area (Å²) in [5, 5.41) is 20.0. The highest BCUT2D eigenvalue weighted by atomic mass is 16.3. The summed E-state index contributed by atoms with van der Waals surface area (Å²) in [5.74, 6) is 0.703. The zero-order chi connectivity index (χ0) is 17.4. The van der Waals surface area contributed by atoms with Gasteiger partial charge in [-0.2, -0.15) is 5.26 Å². The predicted molar refractivity (Wildman–Crippen MR) is 95.0 cm³/mol. The first-order valence-corrected chi connectivity index (χ1v) is 8.80. The normalized spacial score (nSPS) is 19.6. The third-order valence-corrected chi connectivity index (χ3v) is 5.01. The van der Waals surface area contributed by atoms with E-state index in [1.807, 2.05) is 12.3 Å². The molecule has 3 aromatic heterocycles. The number of aliphatic hydroxyl groups excluding tert-OH is 1. The van der Waals surface area contributed by atoms with Crippen molar-refractivity contribution in [2.75, 3.05) is 19.6 Å². The number of aromatic amines is 1. The number of imidazole rings is 1. The number of H-pyrrole nitrogens is 1. The Morgan fingerprint density at radius 1 is 1.52 bits per heavy atom. The topological polar surface area (TPSA) is 93.8 Å². The monoisotopic (exact) mass is 338 g/mol. The molecule has 25 heavy (non-hydrogen) atoms. The Kier molecular flexibility index (Phi) is 4.15. The highest BCUT2D eigenvalue weighted by molar-refractivity contribution is 6.01. The maximum atomic E-state index is 10.3. The molecule has 1 fully saturated rings. The largest absolute Gasteiger partial charge is 0.385 e. The molecule has 1 saturated heterocycles. The number of nitrogens with one attached hydrogen (secondary N) is 1. The maximum Gasteiger partial charge on any atom is 0.139 e. The number of hydrogen-bond acceptors (Lipinski definition) is 5. The number of nitrogens with zero attached hydrogens (tertiary/aromatic N) is 5. The first kappa shape index (κ1) is 16.1. The van der Waals surface area contributed by atoms with Gasteiger partial charge in [0.05, 0.1) is 17.8 Å². The Hall–Kier alpha value is -2.43. The average Bonchev–Trinajstić information content (AvgIpc) is 3.31. The number of aromatic nitrogens is 4. The lowest BCUT2D eigenvalue weighted by Gasteiger charge is -2.19. The molecule has 0 aliphatic carbocycles. The van der Waals surface area contributed by atoms with Gasteiger partial charge in [-0.15, -0.1) is 0 Å². The molecule has 7 nitrogen and oxygen atoms in total. The number of pyridine rings is 1. The Balaban J connectivity index is 1.74. The summed E-state index contributed by atoms with van der Waals surface area (Å²) < 4.78 is 2.21. The van der Waals surface area contributed by atoms with Crippen molar-refractivity contribution < 1.29 is 5.11 Å². The fraction of sp³-hybridized carbons (Fsp3) is 0.500. The Morgan fingerprint density at radius 3 is 3.20 bits per heavy atom. The second-order valence-corrected chi connectivity index (χ2v) is 6.75. The van der Waals surface area contributed by atoms with E-state index in [2.05, 4.69) is 30.5 Å². The van der Waals surface area contributed by atoms with E-state index in [9.17, 15) is 5.11 Å². The van der Waals surface area contributed by atoms with Crippen LogP contribution in [-0.4, -0.2) is 49.2 Å². The van der Waals surface area contributed by atoms with Crippen molar-refractivity contribution in [3.05, 3.63) is 24.3 Å². The van der Waals surface area contributed by atoms with Gasteiger partial charge in [-0.3, -0.25) is 0 Å². The second-order valence-electron chi connectivity index (χ2n) is 6.75. The van der Waals surface area contributed by atoms with Gasteiger partial charge >= 0.3 is 0 Å². The minimum absolute atomic E-state index is 0.275. The van der Waals surface area contributed by atoms with E-state index in [0.29, 0.717) is 12.2 Å². The first-order chi connectivity index (χ1) is 12.2. The molecule has 4 rings (SSSR count). The Bertz CT molecular complexity index is 934. The van der Waals surface area contributed by atoms with E-state index in [4.69, 9.17) is 5.26 Å². The van der Waals surface area contributed by atoms with Crippen LogP contribution in [0.25, 0.3) is 22.1 Å². The minimum atomic E-state index is -0.631. The zero-order valence-corrected chi connectivity index (χ0v) is 14.3. The van der Waals surface area contributed by atoms with Gasteiger partial charge in [0.1, 0.15) is 23.1 Å². The molecule has 0 aromatic carbocycles. The lowest BCUT2D eigenvalue weighted by Crippen LogP contribution is -2.23. The third-order valence-electron chi connectivity index (χ3n) is 5.01. The molecule has 7 heteroatoms. The smallest absolute Gasteiger partial charge is 0.139 e. The van der Waals surface area contributed by atoms with Gasteiger partial charge in [-0.1, -0.05) is 0 Å². The van der Waals surface area contributed by atoms with Crippen molar-refractivity contribution >= 4 is 22.1 Å². The molecule has 3 aromatic rings. The van der Waals surface area contributed by atoms with E-state index in [-0.39, 0.29) is 6.04 Å². The molecule has 0 amide bonds. The van der Waals surface area contributed by atoms with Crippen molar-refractivity contribution in [2.24, 2.45) is 0 Å². The van der Waals surface area contributed by atoms with Crippen LogP contribution in [0.3, 0.4) is 0 Å². The van der Waals surface area contributed by atoms with Crippen LogP contribution in [0.15, 0.2) is 18.5 Å². The van der Waals surface area contributed by atoms with Gasteiger partial charge in [-0.05, 0) is 32.4 Å². The number of nitriles is 1. The molecule has 0 unspecified atom stereocenters. The minimum Gasteiger partial charge on any atom is -0.385 e. The summed E-state index contributed by atoms with van der Waals surface area (Å²) in [6.45, 7) is 4.64. The molecular formula is C18H22N6O.